The number of hydrogen-bond donors (Lipinski definition) is 0. The van der Waals surface area contributed by atoms with Crippen molar-refractivity contribution >= 4 is 0 Å². The Bertz CT molecular complexity index is 74.0. The molecule has 0 aliphatic rings. The maximum absolute atomic E-state index is 3.67. The van der Waals surface area contributed by atoms with Crippen molar-refractivity contribution in [2.45, 2.75) is 19.8 Å². The molecule has 0 saturated heterocycles. The molecule has 0 aliphatic heterocycles. The van der Waals surface area contributed by atoms with Crippen molar-refractivity contribution in [3.8, 4) is 0 Å². The van der Waals surface area contributed by atoms with Crippen molar-refractivity contribution in [1.29, 1.82) is 0 Å². The highest BCUT2D eigenvalue weighted by atomic mass is 13.7. The van der Waals surface area contributed by atoms with Gasteiger partial charge in [-0.05, 0) is 31.9 Å². The topological polar surface area (TPSA) is 0 Å². The van der Waals surface area contributed by atoms with Crippen LogP contribution in [0.1, 0.15) is 19.8 Å². The molecule has 0 fully saturated rings. The van der Waals surface area contributed by atoms with Crippen molar-refractivity contribution in [2.24, 2.45) is 0 Å². The van der Waals surface area contributed by atoms with E-state index in [9.17, 15) is 0 Å². The summed E-state index contributed by atoms with van der Waals surface area (Å²) in [6.07, 6.45) is 5.91. The van der Waals surface area contributed by atoms with Gasteiger partial charge in [0.2, 0.25) is 0 Å². The first-order valence-electron chi connectivity index (χ1n) is 2.56. The standard InChI is InChI=1S/C7H11/c1-3-5-7-6-4-2/h4,7H,1,3,5H2,2H3. The Morgan fingerprint density at radius 3 is 2.86 bits per heavy atom. The third-order valence-corrected chi connectivity index (χ3v) is 0.633. The van der Waals surface area contributed by atoms with Gasteiger partial charge in [0.15, 0.2) is 0 Å². The van der Waals surface area contributed by atoms with Gasteiger partial charge in [0, 0.05) is 0 Å². The van der Waals surface area contributed by atoms with Crippen LogP contribution in [0, 0.1) is 6.92 Å². The average molecular weight is 95.2 g/mol. The molecule has 0 aliphatic carbocycles. The van der Waals surface area contributed by atoms with Crippen LogP contribution in [-0.2, 0) is 0 Å². The molecule has 0 unspecified atom stereocenters. The van der Waals surface area contributed by atoms with Crippen LogP contribution in [-0.4, -0.2) is 0 Å². The van der Waals surface area contributed by atoms with Crippen LogP contribution in [0.25, 0.3) is 0 Å². The van der Waals surface area contributed by atoms with Crippen molar-refractivity contribution in [1.82, 2.24) is 0 Å². The molecule has 0 N–H and O–H groups in total. The zero-order valence-corrected chi connectivity index (χ0v) is 4.78. The van der Waals surface area contributed by atoms with E-state index in [0.717, 1.165) is 12.8 Å². The second kappa shape index (κ2) is 5.52. The number of unbranched alkanes of at least 4 members (excludes halogenated alkanes) is 1. The summed E-state index contributed by atoms with van der Waals surface area (Å²) in [6, 6.07) is 0. The molecule has 0 atom stereocenters. The van der Waals surface area contributed by atoms with E-state index in [-0.39, 0.29) is 0 Å². The molecule has 0 rings (SSSR count). The molecule has 0 aromatic heterocycles. The number of allylic oxidation sites excluding steroid dienone is 1. The van der Waals surface area contributed by atoms with E-state index >= 15 is 0 Å². The van der Waals surface area contributed by atoms with E-state index in [1.54, 1.807) is 0 Å². The summed E-state index contributed by atoms with van der Waals surface area (Å²) in [5, 5.41) is 0. The highest BCUT2D eigenvalue weighted by Gasteiger charge is 1.65. The zero-order chi connectivity index (χ0) is 5.54. The normalized spacial score (nSPS) is 7.14. The number of rotatable bonds is 2. The van der Waals surface area contributed by atoms with Gasteiger partial charge in [-0.1, -0.05) is 6.92 Å². The van der Waals surface area contributed by atoms with Crippen molar-refractivity contribution in [3.63, 3.8) is 0 Å². The van der Waals surface area contributed by atoms with Gasteiger partial charge in [0.05, 0.1) is 0 Å². The van der Waals surface area contributed by atoms with Crippen molar-refractivity contribution in [2.75, 3.05) is 0 Å². The number of hydrogen-bond acceptors (Lipinski definition) is 0. The van der Waals surface area contributed by atoms with Gasteiger partial charge in [-0.3, -0.25) is 0 Å². The summed E-state index contributed by atoms with van der Waals surface area (Å²) in [7, 11) is 0. The molecule has 0 saturated carbocycles. The first kappa shape index (κ1) is 6.52. The zero-order valence-electron chi connectivity index (χ0n) is 4.78. The van der Waals surface area contributed by atoms with Gasteiger partial charge in [-0.25, -0.2) is 0 Å². The lowest BCUT2D eigenvalue weighted by atomic mass is 10.3. The minimum atomic E-state index is 0.973. The van der Waals surface area contributed by atoms with Crippen LogP contribution in [0.15, 0.2) is 17.9 Å². The Kier molecular flexibility index (Phi) is 5.14. The largest absolute Gasteiger partial charge is 0.130 e. The summed E-state index contributed by atoms with van der Waals surface area (Å²) in [5.74, 6) is 0. The van der Waals surface area contributed by atoms with E-state index < -0.39 is 0 Å². The fourth-order valence-electron chi connectivity index (χ4n) is 0.303. The van der Waals surface area contributed by atoms with Gasteiger partial charge in [0.25, 0.3) is 0 Å². The Balaban J connectivity index is 3.10. The summed E-state index contributed by atoms with van der Waals surface area (Å²) in [4.78, 5) is 0. The molecule has 1 radical (unpaired) electrons. The molecule has 0 heteroatoms. The molecule has 0 aromatic carbocycles. The highest BCUT2D eigenvalue weighted by molar-refractivity contribution is 4.81. The van der Waals surface area contributed by atoms with Crippen LogP contribution in [0.2, 0.25) is 0 Å². The Morgan fingerprint density at radius 1 is 1.71 bits per heavy atom. The van der Waals surface area contributed by atoms with Gasteiger partial charge < -0.3 is 0 Å². The Morgan fingerprint density at radius 2 is 2.43 bits per heavy atom. The van der Waals surface area contributed by atoms with Gasteiger partial charge >= 0.3 is 0 Å². The van der Waals surface area contributed by atoms with Crippen LogP contribution < -0.4 is 0 Å². The average Bonchev–Trinajstić information content (AvgIpc) is 1.69. The lowest BCUT2D eigenvalue weighted by Crippen LogP contribution is -1.55. The fraction of sp³-hybridized carbons (Fsp3) is 0.429. The van der Waals surface area contributed by atoms with E-state index in [4.69, 9.17) is 0 Å². The minimum Gasteiger partial charge on any atom is -0.130 e. The second-order valence-electron chi connectivity index (χ2n) is 1.30. The van der Waals surface area contributed by atoms with Gasteiger partial charge in [0.1, 0.15) is 0 Å². The van der Waals surface area contributed by atoms with Crippen LogP contribution in [0.3, 0.4) is 0 Å². The molecular weight excluding hydrogens is 84.1 g/mol. The summed E-state index contributed by atoms with van der Waals surface area (Å²) >= 11 is 0. The Hall–Kier alpha value is -0.480. The molecule has 0 aromatic rings. The summed E-state index contributed by atoms with van der Waals surface area (Å²) < 4.78 is 0. The van der Waals surface area contributed by atoms with Crippen molar-refractivity contribution < 1.29 is 0 Å². The molecule has 0 nitrogen and oxygen atoms in total. The van der Waals surface area contributed by atoms with E-state index in [0.29, 0.717) is 0 Å². The lowest BCUT2D eigenvalue weighted by Gasteiger charge is -1.74. The minimum absolute atomic E-state index is 0.973. The third kappa shape index (κ3) is 5.52. The van der Waals surface area contributed by atoms with E-state index in [1.807, 2.05) is 19.1 Å². The molecule has 39 valence electrons. The molecular formula is C7H11. The van der Waals surface area contributed by atoms with Gasteiger partial charge in [-0.15, -0.1) is 5.73 Å². The van der Waals surface area contributed by atoms with E-state index in [1.165, 1.54) is 0 Å². The molecule has 0 heterocycles. The highest BCUT2D eigenvalue weighted by Crippen LogP contribution is 1.83. The molecule has 0 bridgehead atoms. The monoisotopic (exact) mass is 95.1 g/mol. The van der Waals surface area contributed by atoms with Gasteiger partial charge in [-0.2, -0.15) is 0 Å². The summed E-state index contributed by atoms with van der Waals surface area (Å²) in [5.41, 5.74) is 2.96. The first-order chi connectivity index (χ1) is 3.41. The first-order valence-corrected chi connectivity index (χ1v) is 2.56. The predicted molar refractivity (Wildman–Crippen MR) is 32.9 cm³/mol. The molecule has 0 amide bonds. The molecule has 7 heavy (non-hydrogen) atoms. The second-order valence-corrected chi connectivity index (χ2v) is 1.30. The SMILES string of the molecule is [CH2]CCC=C=CC. The summed E-state index contributed by atoms with van der Waals surface area (Å²) in [6.45, 7) is 5.63. The Labute approximate surface area is 45.5 Å². The van der Waals surface area contributed by atoms with E-state index in [2.05, 4.69) is 12.7 Å². The predicted octanol–water partition coefficient (Wildman–Crippen LogP) is 2.33. The molecule has 0 spiro atoms. The van der Waals surface area contributed by atoms with Crippen molar-refractivity contribution in [3.05, 3.63) is 24.8 Å². The van der Waals surface area contributed by atoms with Crippen LogP contribution in [0.5, 0.6) is 0 Å². The smallest absolute Gasteiger partial charge is 0.0274 e. The third-order valence-electron chi connectivity index (χ3n) is 0.633. The lowest BCUT2D eigenvalue weighted by molar-refractivity contribution is 1.05. The quantitative estimate of drug-likeness (QED) is 0.462. The fourth-order valence-corrected chi connectivity index (χ4v) is 0.303. The maximum atomic E-state index is 3.67. The maximum Gasteiger partial charge on any atom is -0.0274 e. The van der Waals surface area contributed by atoms with Crippen LogP contribution >= 0.6 is 0 Å². The van der Waals surface area contributed by atoms with Crippen LogP contribution in [0.4, 0.5) is 0 Å².